The molecule has 4 nitrogen and oxygen atoms in total. The van der Waals surface area contributed by atoms with Crippen molar-refractivity contribution >= 4 is 5.78 Å². The van der Waals surface area contributed by atoms with Gasteiger partial charge in [0.1, 0.15) is 17.1 Å². The fourth-order valence-corrected chi connectivity index (χ4v) is 5.40. The molecule has 2 aliphatic rings. The molecular formula is C28H29FN2O2. The average molecular weight is 445 g/mol. The average Bonchev–Trinajstić information content (AvgIpc) is 3.13. The van der Waals surface area contributed by atoms with Gasteiger partial charge in [-0.1, -0.05) is 42.5 Å². The van der Waals surface area contributed by atoms with E-state index in [1.165, 1.54) is 11.6 Å². The zero-order valence-corrected chi connectivity index (χ0v) is 19.2. The molecule has 3 aromatic carbocycles. The number of piperazine rings is 1. The lowest BCUT2D eigenvalue weighted by molar-refractivity contribution is 0.0287. The third kappa shape index (κ3) is 3.96. The molecule has 1 heterocycles. The molecule has 1 fully saturated rings. The molecule has 0 spiro atoms. The number of carbonyl (C=O) groups is 1. The van der Waals surface area contributed by atoms with Crippen molar-refractivity contribution in [1.29, 1.82) is 0 Å². The summed E-state index contributed by atoms with van der Waals surface area (Å²) in [4.78, 5) is 18.6. The normalized spacial score (nSPS) is 21.2. The number of hydrogen-bond acceptors (Lipinski definition) is 4. The van der Waals surface area contributed by atoms with Gasteiger partial charge in [0.2, 0.25) is 0 Å². The highest BCUT2D eigenvalue weighted by molar-refractivity contribution is 6.08. The lowest BCUT2D eigenvalue weighted by Crippen LogP contribution is -2.58. The van der Waals surface area contributed by atoms with Crippen LogP contribution in [0, 0.1) is 12.7 Å². The van der Waals surface area contributed by atoms with Crippen LogP contribution in [0.5, 0.6) is 5.75 Å². The minimum Gasteiger partial charge on any atom is -0.497 e. The van der Waals surface area contributed by atoms with Crippen molar-refractivity contribution in [3.8, 4) is 5.75 Å². The van der Waals surface area contributed by atoms with Crippen molar-refractivity contribution in [2.24, 2.45) is 0 Å². The Balaban J connectivity index is 1.41. The number of ether oxygens (including phenoxy) is 1. The smallest absolute Gasteiger partial charge is 0.188 e. The summed E-state index contributed by atoms with van der Waals surface area (Å²) in [6.45, 7) is 5.96. The zero-order valence-electron chi connectivity index (χ0n) is 19.2. The highest BCUT2D eigenvalue weighted by Gasteiger charge is 2.51. The van der Waals surface area contributed by atoms with E-state index in [-0.39, 0.29) is 11.6 Å². The SMILES string of the molecule is COc1ccc(CN2CCN(C3(c4cc(C)cc(F)c4)Cc4ccccc4C3=O)CC2)cc1. The number of halogens is 1. The minimum atomic E-state index is -0.844. The van der Waals surface area contributed by atoms with Gasteiger partial charge in [-0.3, -0.25) is 14.6 Å². The lowest BCUT2D eigenvalue weighted by atomic mass is 9.82. The summed E-state index contributed by atoms with van der Waals surface area (Å²) < 4.78 is 19.7. The maximum Gasteiger partial charge on any atom is 0.188 e. The molecule has 5 rings (SSSR count). The second-order valence-electron chi connectivity index (χ2n) is 9.15. The van der Waals surface area contributed by atoms with E-state index in [1.807, 2.05) is 49.4 Å². The molecule has 5 heteroatoms. The largest absolute Gasteiger partial charge is 0.497 e. The van der Waals surface area contributed by atoms with Crippen LogP contribution in [0.4, 0.5) is 4.39 Å². The topological polar surface area (TPSA) is 32.8 Å². The number of nitrogens with zero attached hydrogens (tertiary/aromatic N) is 2. The van der Waals surface area contributed by atoms with Crippen molar-refractivity contribution in [3.63, 3.8) is 0 Å². The Morgan fingerprint density at radius 3 is 2.36 bits per heavy atom. The van der Waals surface area contributed by atoms with Gasteiger partial charge in [0.15, 0.2) is 5.78 Å². The zero-order chi connectivity index (χ0) is 23.0. The van der Waals surface area contributed by atoms with E-state index < -0.39 is 5.54 Å². The molecule has 0 saturated carbocycles. The summed E-state index contributed by atoms with van der Waals surface area (Å²) in [6, 6.07) is 21.1. The molecule has 1 unspecified atom stereocenters. The Morgan fingerprint density at radius 1 is 0.970 bits per heavy atom. The number of ketones is 1. The Bertz CT molecular complexity index is 1150. The standard InChI is InChI=1S/C28H29FN2O2/c1-20-15-23(17-24(29)16-20)28(18-22-5-3-4-6-26(22)27(28)32)31-13-11-30(12-14-31)19-21-7-9-25(33-2)10-8-21/h3-10,15-17H,11-14,18-19H2,1-2H3. The van der Waals surface area contributed by atoms with Gasteiger partial charge in [0, 0.05) is 44.7 Å². The predicted octanol–water partition coefficient (Wildman–Crippen LogP) is 4.59. The first kappa shape index (κ1) is 21.8. The van der Waals surface area contributed by atoms with Crippen LogP contribution >= 0.6 is 0 Å². The first-order valence-corrected chi connectivity index (χ1v) is 11.5. The molecule has 33 heavy (non-hydrogen) atoms. The number of methoxy groups -OCH3 is 1. The molecule has 0 radical (unpaired) electrons. The van der Waals surface area contributed by atoms with Gasteiger partial charge in [-0.2, -0.15) is 0 Å². The quantitative estimate of drug-likeness (QED) is 0.576. The number of carbonyl (C=O) groups excluding carboxylic acids is 1. The predicted molar refractivity (Wildman–Crippen MR) is 127 cm³/mol. The summed E-state index contributed by atoms with van der Waals surface area (Å²) in [6.07, 6.45) is 0.587. The number of Topliss-reactive ketones (excluding diaryl/α,β-unsaturated/α-hetero) is 1. The van der Waals surface area contributed by atoms with Crippen LogP contribution in [0.25, 0.3) is 0 Å². The number of hydrogen-bond donors (Lipinski definition) is 0. The van der Waals surface area contributed by atoms with Crippen LogP contribution in [0.2, 0.25) is 0 Å². The van der Waals surface area contributed by atoms with Gasteiger partial charge in [-0.25, -0.2) is 4.39 Å². The molecule has 0 bridgehead atoms. The Kier molecular flexibility index (Phi) is 5.77. The summed E-state index contributed by atoms with van der Waals surface area (Å²) >= 11 is 0. The van der Waals surface area contributed by atoms with Crippen LogP contribution in [0.15, 0.2) is 66.7 Å². The molecule has 0 N–H and O–H groups in total. The fraction of sp³-hybridized carbons (Fsp3) is 0.321. The molecular weight excluding hydrogens is 415 g/mol. The Hall–Kier alpha value is -3.02. The molecule has 1 aliphatic carbocycles. The van der Waals surface area contributed by atoms with Crippen LogP contribution in [0.1, 0.15) is 32.6 Å². The first-order chi connectivity index (χ1) is 16.0. The monoisotopic (exact) mass is 444 g/mol. The van der Waals surface area contributed by atoms with Crippen LogP contribution in [-0.2, 0) is 18.5 Å². The highest BCUT2D eigenvalue weighted by atomic mass is 19.1. The molecule has 3 aromatic rings. The maximum absolute atomic E-state index is 14.5. The summed E-state index contributed by atoms with van der Waals surface area (Å²) in [7, 11) is 1.67. The van der Waals surface area contributed by atoms with Crippen LogP contribution < -0.4 is 4.74 Å². The summed E-state index contributed by atoms with van der Waals surface area (Å²) in [5.74, 6) is 0.660. The van der Waals surface area contributed by atoms with E-state index in [0.717, 1.165) is 60.7 Å². The van der Waals surface area contributed by atoms with E-state index in [4.69, 9.17) is 4.74 Å². The Morgan fingerprint density at radius 2 is 1.70 bits per heavy atom. The van der Waals surface area contributed by atoms with Crippen molar-refractivity contribution in [3.05, 3.63) is 100 Å². The molecule has 1 saturated heterocycles. The third-order valence-electron chi connectivity index (χ3n) is 7.08. The lowest BCUT2D eigenvalue weighted by Gasteiger charge is -2.45. The summed E-state index contributed by atoms with van der Waals surface area (Å²) in [5, 5.41) is 0. The van der Waals surface area contributed by atoms with Gasteiger partial charge in [0.05, 0.1) is 7.11 Å². The molecule has 1 aliphatic heterocycles. The highest BCUT2D eigenvalue weighted by Crippen LogP contribution is 2.43. The van der Waals surface area contributed by atoms with E-state index in [1.54, 1.807) is 13.2 Å². The van der Waals surface area contributed by atoms with Gasteiger partial charge in [-0.05, 0) is 53.4 Å². The fourth-order valence-electron chi connectivity index (χ4n) is 5.40. The number of rotatable bonds is 5. The van der Waals surface area contributed by atoms with Gasteiger partial charge >= 0.3 is 0 Å². The van der Waals surface area contributed by atoms with E-state index in [2.05, 4.69) is 21.9 Å². The van der Waals surface area contributed by atoms with Gasteiger partial charge in [0.25, 0.3) is 0 Å². The second kappa shape index (κ2) is 8.73. The van der Waals surface area contributed by atoms with E-state index in [0.29, 0.717) is 6.42 Å². The number of fused-ring (bicyclic) bond motifs is 1. The molecule has 0 amide bonds. The molecule has 170 valence electrons. The maximum atomic E-state index is 14.5. The molecule has 0 aromatic heterocycles. The summed E-state index contributed by atoms with van der Waals surface area (Å²) in [5.41, 5.74) is 3.81. The van der Waals surface area contributed by atoms with E-state index in [9.17, 15) is 9.18 Å². The number of benzene rings is 3. The van der Waals surface area contributed by atoms with Crippen molar-refractivity contribution in [1.82, 2.24) is 9.80 Å². The third-order valence-corrected chi connectivity index (χ3v) is 7.08. The van der Waals surface area contributed by atoms with Crippen LogP contribution in [-0.4, -0.2) is 48.9 Å². The number of aryl methyl sites for hydroxylation is 1. The van der Waals surface area contributed by atoms with Crippen molar-refractivity contribution in [2.45, 2.75) is 25.4 Å². The van der Waals surface area contributed by atoms with Gasteiger partial charge in [-0.15, -0.1) is 0 Å². The van der Waals surface area contributed by atoms with Crippen LogP contribution in [0.3, 0.4) is 0 Å². The minimum absolute atomic E-state index is 0.0895. The van der Waals surface area contributed by atoms with Crippen molar-refractivity contribution < 1.29 is 13.9 Å². The van der Waals surface area contributed by atoms with Crippen molar-refractivity contribution in [2.75, 3.05) is 33.3 Å². The Labute approximate surface area is 194 Å². The van der Waals surface area contributed by atoms with Gasteiger partial charge < -0.3 is 4.74 Å². The first-order valence-electron chi connectivity index (χ1n) is 11.5. The van der Waals surface area contributed by atoms with E-state index >= 15 is 0 Å². The molecule has 1 atom stereocenters. The second-order valence-corrected chi connectivity index (χ2v) is 9.15.